The van der Waals surface area contributed by atoms with Crippen LogP contribution in [0, 0.1) is 5.92 Å². The van der Waals surface area contributed by atoms with Gasteiger partial charge in [-0.25, -0.2) is 0 Å². The quantitative estimate of drug-likeness (QED) is 0.894. The Morgan fingerprint density at radius 2 is 2.47 bits per heavy atom. The minimum atomic E-state index is -0.353. The highest BCUT2D eigenvalue weighted by molar-refractivity contribution is 7.07. The standard InChI is InChI=1S/C13H19NO2S/c1-10-4-6-14(8-12(10)15)13(16)3-2-11-5-7-17-9-11/h5,7,9-10,12,15H,2-4,6,8H2,1H3. The smallest absolute Gasteiger partial charge is 0.222 e. The predicted octanol–water partition coefficient (Wildman–Crippen LogP) is 1.91. The van der Waals surface area contributed by atoms with Crippen molar-refractivity contribution in [2.75, 3.05) is 13.1 Å². The molecule has 1 saturated heterocycles. The van der Waals surface area contributed by atoms with Gasteiger partial charge in [0.2, 0.25) is 5.91 Å². The van der Waals surface area contributed by atoms with E-state index in [-0.39, 0.29) is 12.0 Å². The normalized spacial score (nSPS) is 24.9. The third-order valence-electron chi connectivity index (χ3n) is 3.48. The summed E-state index contributed by atoms with van der Waals surface area (Å²) >= 11 is 1.66. The molecule has 0 saturated carbocycles. The molecule has 0 radical (unpaired) electrons. The average Bonchev–Trinajstić information content (AvgIpc) is 2.82. The van der Waals surface area contributed by atoms with Gasteiger partial charge < -0.3 is 10.0 Å². The van der Waals surface area contributed by atoms with Crippen LogP contribution in [0.15, 0.2) is 16.8 Å². The minimum Gasteiger partial charge on any atom is -0.391 e. The highest BCUT2D eigenvalue weighted by Gasteiger charge is 2.26. The number of aliphatic hydroxyl groups excluding tert-OH is 1. The first-order chi connectivity index (χ1) is 8.16. The van der Waals surface area contributed by atoms with Crippen molar-refractivity contribution in [2.45, 2.75) is 32.3 Å². The zero-order chi connectivity index (χ0) is 12.3. The predicted molar refractivity (Wildman–Crippen MR) is 69.0 cm³/mol. The van der Waals surface area contributed by atoms with Gasteiger partial charge in [-0.15, -0.1) is 0 Å². The summed E-state index contributed by atoms with van der Waals surface area (Å²) in [5.41, 5.74) is 1.23. The van der Waals surface area contributed by atoms with E-state index in [1.54, 1.807) is 16.2 Å². The summed E-state index contributed by atoms with van der Waals surface area (Å²) < 4.78 is 0. The number of carbonyl (C=O) groups is 1. The van der Waals surface area contributed by atoms with E-state index in [0.29, 0.717) is 18.9 Å². The monoisotopic (exact) mass is 253 g/mol. The Bertz CT molecular complexity index is 364. The average molecular weight is 253 g/mol. The molecule has 2 rings (SSSR count). The Morgan fingerprint density at radius 1 is 1.65 bits per heavy atom. The molecule has 0 spiro atoms. The van der Waals surface area contributed by atoms with Crippen molar-refractivity contribution >= 4 is 17.2 Å². The molecule has 1 N–H and O–H groups in total. The van der Waals surface area contributed by atoms with Crippen LogP contribution in [0.2, 0.25) is 0 Å². The first kappa shape index (κ1) is 12.6. The number of β-amino-alcohol motifs (C(OH)–C–C–N with tert-alkyl or cyclic N) is 1. The molecule has 2 heterocycles. The number of hydrogen-bond acceptors (Lipinski definition) is 3. The van der Waals surface area contributed by atoms with Crippen molar-refractivity contribution < 1.29 is 9.90 Å². The van der Waals surface area contributed by atoms with E-state index in [1.165, 1.54) is 5.56 Å². The van der Waals surface area contributed by atoms with E-state index < -0.39 is 0 Å². The van der Waals surface area contributed by atoms with E-state index in [0.717, 1.165) is 19.4 Å². The van der Waals surface area contributed by atoms with Crippen molar-refractivity contribution in [2.24, 2.45) is 5.92 Å². The van der Waals surface area contributed by atoms with Crippen LogP contribution in [0.4, 0.5) is 0 Å². The third-order valence-corrected chi connectivity index (χ3v) is 4.21. The molecule has 3 nitrogen and oxygen atoms in total. The second-order valence-electron chi connectivity index (χ2n) is 4.80. The molecule has 0 aromatic carbocycles. The van der Waals surface area contributed by atoms with Gasteiger partial charge in [0.25, 0.3) is 0 Å². The number of aryl methyl sites for hydroxylation is 1. The Kier molecular flexibility index (Phi) is 4.18. The number of carbonyl (C=O) groups excluding carboxylic acids is 1. The van der Waals surface area contributed by atoms with Gasteiger partial charge in [0.05, 0.1) is 6.10 Å². The van der Waals surface area contributed by atoms with Gasteiger partial charge in [0.15, 0.2) is 0 Å². The van der Waals surface area contributed by atoms with E-state index in [9.17, 15) is 9.90 Å². The van der Waals surface area contributed by atoms with Crippen molar-refractivity contribution in [3.63, 3.8) is 0 Å². The summed E-state index contributed by atoms with van der Waals surface area (Å²) in [5, 5.41) is 13.9. The second kappa shape index (κ2) is 5.65. The van der Waals surface area contributed by atoms with Crippen LogP contribution in [-0.2, 0) is 11.2 Å². The summed E-state index contributed by atoms with van der Waals surface area (Å²) in [4.78, 5) is 13.8. The molecule has 0 aliphatic carbocycles. The van der Waals surface area contributed by atoms with Crippen LogP contribution in [-0.4, -0.2) is 35.1 Å². The van der Waals surface area contributed by atoms with E-state index >= 15 is 0 Å². The molecule has 0 bridgehead atoms. The van der Waals surface area contributed by atoms with Crippen molar-refractivity contribution in [3.05, 3.63) is 22.4 Å². The topological polar surface area (TPSA) is 40.5 Å². The third kappa shape index (κ3) is 3.30. The summed E-state index contributed by atoms with van der Waals surface area (Å²) in [5.74, 6) is 0.484. The number of hydrogen-bond donors (Lipinski definition) is 1. The molecule has 17 heavy (non-hydrogen) atoms. The van der Waals surface area contributed by atoms with Crippen LogP contribution in [0.5, 0.6) is 0 Å². The summed E-state index contributed by atoms with van der Waals surface area (Å²) in [6, 6.07) is 2.06. The number of rotatable bonds is 3. The summed E-state index contributed by atoms with van der Waals surface area (Å²) in [7, 11) is 0. The number of nitrogens with zero attached hydrogens (tertiary/aromatic N) is 1. The number of thiophene rings is 1. The van der Waals surface area contributed by atoms with Gasteiger partial charge in [0.1, 0.15) is 0 Å². The van der Waals surface area contributed by atoms with Gasteiger partial charge in [-0.3, -0.25) is 4.79 Å². The molecular weight excluding hydrogens is 234 g/mol. The molecule has 2 unspecified atom stereocenters. The van der Waals surface area contributed by atoms with Crippen LogP contribution < -0.4 is 0 Å². The van der Waals surface area contributed by atoms with Gasteiger partial charge in [-0.1, -0.05) is 6.92 Å². The number of aliphatic hydroxyl groups is 1. The Morgan fingerprint density at radius 3 is 3.12 bits per heavy atom. The lowest BCUT2D eigenvalue weighted by Crippen LogP contribution is -2.45. The lowest BCUT2D eigenvalue weighted by molar-refractivity contribution is -0.135. The number of piperidine rings is 1. The lowest BCUT2D eigenvalue weighted by Gasteiger charge is -2.34. The number of amides is 1. The fourth-order valence-corrected chi connectivity index (χ4v) is 2.82. The van der Waals surface area contributed by atoms with E-state index in [4.69, 9.17) is 0 Å². The lowest BCUT2D eigenvalue weighted by atomic mass is 9.96. The Labute approximate surface area is 106 Å². The van der Waals surface area contributed by atoms with Gasteiger partial charge >= 0.3 is 0 Å². The largest absolute Gasteiger partial charge is 0.391 e. The highest BCUT2D eigenvalue weighted by Crippen LogP contribution is 2.18. The van der Waals surface area contributed by atoms with E-state index in [1.807, 2.05) is 12.3 Å². The maximum atomic E-state index is 12.0. The van der Waals surface area contributed by atoms with Crippen LogP contribution in [0.25, 0.3) is 0 Å². The fraction of sp³-hybridized carbons (Fsp3) is 0.615. The molecule has 1 fully saturated rings. The van der Waals surface area contributed by atoms with E-state index in [2.05, 4.69) is 11.4 Å². The minimum absolute atomic E-state index is 0.169. The molecule has 1 aromatic heterocycles. The maximum Gasteiger partial charge on any atom is 0.222 e. The fourth-order valence-electron chi connectivity index (χ4n) is 2.12. The molecular formula is C13H19NO2S. The molecule has 4 heteroatoms. The maximum absolute atomic E-state index is 12.0. The summed E-state index contributed by atoms with van der Waals surface area (Å²) in [6.07, 6.45) is 1.92. The van der Waals surface area contributed by atoms with Crippen LogP contribution in [0.3, 0.4) is 0 Å². The number of likely N-dealkylation sites (tertiary alicyclic amines) is 1. The molecule has 1 aliphatic rings. The van der Waals surface area contributed by atoms with Gasteiger partial charge in [-0.2, -0.15) is 11.3 Å². The zero-order valence-electron chi connectivity index (χ0n) is 10.1. The summed E-state index contributed by atoms with van der Waals surface area (Å²) in [6.45, 7) is 3.34. The molecule has 1 amide bonds. The molecule has 1 aromatic rings. The van der Waals surface area contributed by atoms with Crippen molar-refractivity contribution in [3.8, 4) is 0 Å². The van der Waals surface area contributed by atoms with Gasteiger partial charge in [0, 0.05) is 19.5 Å². The Balaban J connectivity index is 1.80. The SMILES string of the molecule is CC1CCN(C(=O)CCc2ccsc2)CC1O. The first-order valence-electron chi connectivity index (χ1n) is 6.13. The zero-order valence-corrected chi connectivity index (χ0v) is 10.9. The molecule has 1 aliphatic heterocycles. The molecule has 94 valence electrons. The van der Waals surface area contributed by atoms with Crippen LogP contribution in [0.1, 0.15) is 25.3 Å². The van der Waals surface area contributed by atoms with Gasteiger partial charge in [-0.05, 0) is 41.1 Å². The van der Waals surface area contributed by atoms with Crippen molar-refractivity contribution in [1.82, 2.24) is 4.90 Å². The Hall–Kier alpha value is -0.870. The molecule has 2 atom stereocenters. The van der Waals surface area contributed by atoms with Crippen molar-refractivity contribution in [1.29, 1.82) is 0 Å². The first-order valence-corrected chi connectivity index (χ1v) is 7.08. The van der Waals surface area contributed by atoms with Crippen LogP contribution >= 0.6 is 11.3 Å². The second-order valence-corrected chi connectivity index (χ2v) is 5.58. The highest BCUT2D eigenvalue weighted by atomic mass is 32.1.